The molecule has 0 saturated carbocycles. The van der Waals surface area contributed by atoms with Crippen LogP contribution in [0.4, 0.5) is 18.0 Å². The highest BCUT2D eigenvalue weighted by molar-refractivity contribution is 5.68. The van der Waals surface area contributed by atoms with Gasteiger partial charge < -0.3 is 9.64 Å². The number of pyridine rings is 1. The van der Waals surface area contributed by atoms with E-state index in [0.717, 1.165) is 18.7 Å². The summed E-state index contributed by atoms with van der Waals surface area (Å²) in [7, 11) is 0. The Labute approximate surface area is 133 Å². The molecule has 2 heterocycles. The van der Waals surface area contributed by atoms with E-state index in [-0.39, 0.29) is 12.0 Å². The predicted octanol–water partition coefficient (Wildman–Crippen LogP) is 3.90. The Bertz CT molecular complexity index is 550. The van der Waals surface area contributed by atoms with E-state index < -0.39 is 17.3 Å². The van der Waals surface area contributed by atoms with E-state index in [0.29, 0.717) is 25.2 Å². The van der Waals surface area contributed by atoms with E-state index in [1.165, 1.54) is 6.07 Å². The van der Waals surface area contributed by atoms with Crippen molar-refractivity contribution in [2.45, 2.75) is 45.4 Å². The average molecular weight is 330 g/mol. The third-order valence-corrected chi connectivity index (χ3v) is 3.59. The molecule has 4 nitrogen and oxygen atoms in total. The highest BCUT2D eigenvalue weighted by Gasteiger charge is 2.32. The fourth-order valence-electron chi connectivity index (χ4n) is 2.50. The van der Waals surface area contributed by atoms with E-state index in [4.69, 9.17) is 4.74 Å². The highest BCUT2D eigenvalue weighted by Crippen LogP contribution is 2.29. The molecule has 1 atom stereocenters. The van der Waals surface area contributed by atoms with Gasteiger partial charge in [-0.1, -0.05) is 0 Å². The number of carbonyl (C=O) groups is 1. The summed E-state index contributed by atoms with van der Waals surface area (Å²) in [5.74, 6) is 0.187. The maximum Gasteiger partial charge on any atom is 0.417 e. The maximum absolute atomic E-state index is 12.5. The van der Waals surface area contributed by atoms with Gasteiger partial charge in [0.2, 0.25) is 0 Å². The monoisotopic (exact) mass is 330 g/mol. The molecule has 1 amide bonds. The van der Waals surface area contributed by atoms with Crippen LogP contribution in [0.3, 0.4) is 0 Å². The summed E-state index contributed by atoms with van der Waals surface area (Å²) in [5.41, 5.74) is -0.679. The van der Waals surface area contributed by atoms with E-state index in [1.807, 2.05) is 20.8 Å². The predicted molar refractivity (Wildman–Crippen MR) is 78.9 cm³/mol. The molecule has 128 valence electrons. The van der Waals surface area contributed by atoms with E-state index >= 15 is 0 Å². The Morgan fingerprint density at radius 3 is 2.57 bits per heavy atom. The first-order chi connectivity index (χ1) is 10.5. The van der Waals surface area contributed by atoms with Gasteiger partial charge in [-0.25, -0.2) is 4.79 Å². The van der Waals surface area contributed by atoms with Crippen LogP contribution in [0.2, 0.25) is 0 Å². The van der Waals surface area contributed by atoms with Crippen LogP contribution in [0.1, 0.15) is 38.4 Å². The van der Waals surface area contributed by atoms with Crippen molar-refractivity contribution in [3.63, 3.8) is 0 Å². The first-order valence-corrected chi connectivity index (χ1v) is 7.54. The molecule has 1 saturated heterocycles. The van der Waals surface area contributed by atoms with Crippen LogP contribution in [0.15, 0.2) is 18.3 Å². The van der Waals surface area contributed by atoms with E-state index in [9.17, 15) is 18.0 Å². The number of halogens is 3. The lowest BCUT2D eigenvalue weighted by molar-refractivity contribution is -0.137. The lowest BCUT2D eigenvalue weighted by Gasteiger charge is -2.24. The molecule has 0 bridgehead atoms. The number of nitrogens with zero attached hydrogens (tertiary/aromatic N) is 2. The van der Waals surface area contributed by atoms with E-state index in [2.05, 4.69) is 4.98 Å². The maximum atomic E-state index is 12.5. The van der Waals surface area contributed by atoms with Crippen molar-refractivity contribution in [2.75, 3.05) is 13.1 Å². The minimum absolute atomic E-state index is 0.187. The highest BCUT2D eigenvalue weighted by atomic mass is 19.4. The summed E-state index contributed by atoms with van der Waals surface area (Å²) in [6.07, 6.45) is -2.51. The zero-order valence-corrected chi connectivity index (χ0v) is 13.5. The molecule has 23 heavy (non-hydrogen) atoms. The average Bonchev–Trinajstić information content (AvgIpc) is 2.85. The normalized spacial score (nSPS) is 19.0. The molecule has 0 spiro atoms. The Kier molecular flexibility index (Phi) is 4.87. The van der Waals surface area contributed by atoms with Gasteiger partial charge in [0.25, 0.3) is 0 Å². The lowest BCUT2D eigenvalue weighted by atomic mass is 10.0. The quantitative estimate of drug-likeness (QED) is 0.826. The molecule has 1 aliphatic heterocycles. The molecule has 1 aromatic rings. The van der Waals surface area contributed by atoms with Gasteiger partial charge in [0.15, 0.2) is 0 Å². The zero-order chi connectivity index (χ0) is 17.3. The van der Waals surface area contributed by atoms with Crippen molar-refractivity contribution in [3.05, 3.63) is 29.6 Å². The smallest absolute Gasteiger partial charge is 0.417 e. The molecule has 1 aromatic heterocycles. The summed E-state index contributed by atoms with van der Waals surface area (Å²) in [4.78, 5) is 17.5. The number of ether oxygens (including phenoxy) is 1. The number of amides is 1. The molecule has 0 aliphatic carbocycles. The van der Waals surface area contributed by atoms with Gasteiger partial charge >= 0.3 is 12.3 Å². The van der Waals surface area contributed by atoms with Gasteiger partial charge in [-0.3, -0.25) is 4.98 Å². The number of aromatic nitrogens is 1. The summed E-state index contributed by atoms with van der Waals surface area (Å²) in [6.45, 7) is 6.57. The fraction of sp³-hybridized carbons (Fsp3) is 0.625. The van der Waals surface area contributed by atoms with Crippen LogP contribution >= 0.6 is 0 Å². The van der Waals surface area contributed by atoms with Gasteiger partial charge in [0, 0.05) is 25.0 Å². The Balaban J connectivity index is 1.89. The van der Waals surface area contributed by atoms with Crippen molar-refractivity contribution in [1.82, 2.24) is 9.88 Å². The van der Waals surface area contributed by atoms with Crippen LogP contribution in [-0.4, -0.2) is 34.7 Å². The standard InChI is InChI=1S/C16H21F3N2O2/c1-15(2,3)23-14(22)21-7-6-11(10-21)8-13-5-4-12(9-20-13)16(17,18)19/h4-5,9,11H,6-8,10H2,1-3H3. The van der Waals surface area contributed by atoms with Crippen LogP contribution < -0.4 is 0 Å². The van der Waals surface area contributed by atoms with Crippen molar-refractivity contribution in [2.24, 2.45) is 5.92 Å². The van der Waals surface area contributed by atoms with Crippen molar-refractivity contribution >= 4 is 6.09 Å². The summed E-state index contributed by atoms with van der Waals surface area (Å²) < 4.78 is 42.8. The number of hydrogen-bond acceptors (Lipinski definition) is 3. The molecule has 1 unspecified atom stereocenters. The fourth-order valence-corrected chi connectivity index (χ4v) is 2.50. The van der Waals surface area contributed by atoms with Gasteiger partial charge in [-0.05, 0) is 51.7 Å². The van der Waals surface area contributed by atoms with Crippen molar-refractivity contribution < 1.29 is 22.7 Å². The van der Waals surface area contributed by atoms with Crippen LogP contribution in [0.25, 0.3) is 0 Å². The Hall–Kier alpha value is -1.79. The number of hydrogen-bond donors (Lipinski definition) is 0. The number of carbonyl (C=O) groups excluding carboxylic acids is 1. The van der Waals surface area contributed by atoms with Gasteiger partial charge in [0.05, 0.1) is 5.56 Å². The molecule has 2 rings (SSSR count). The molecular formula is C16H21F3N2O2. The molecule has 1 aliphatic rings. The second-order valence-corrected chi connectivity index (χ2v) is 6.82. The summed E-state index contributed by atoms with van der Waals surface area (Å²) in [5, 5.41) is 0. The SMILES string of the molecule is CC(C)(C)OC(=O)N1CCC(Cc2ccc(C(F)(F)F)cn2)C1. The summed E-state index contributed by atoms with van der Waals surface area (Å²) in [6, 6.07) is 2.45. The molecule has 1 fully saturated rings. The third-order valence-electron chi connectivity index (χ3n) is 3.59. The molecule has 0 aromatic carbocycles. The topological polar surface area (TPSA) is 42.4 Å². The molecular weight excluding hydrogens is 309 g/mol. The summed E-state index contributed by atoms with van der Waals surface area (Å²) >= 11 is 0. The Morgan fingerprint density at radius 2 is 2.04 bits per heavy atom. The second kappa shape index (κ2) is 6.37. The van der Waals surface area contributed by atoms with Crippen molar-refractivity contribution in [3.8, 4) is 0 Å². The van der Waals surface area contributed by atoms with Crippen LogP contribution in [-0.2, 0) is 17.3 Å². The number of rotatable bonds is 2. The molecule has 0 radical (unpaired) electrons. The molecule has 7 heteroatoms. The number of alkyl halides is 3. The van der Waals surface area contributed by atoms with Gasteiger partial charge in [0.1, 0.15) is 5.60 Å². The first-order valence-electron chi connectivity index (χ1n) is 7.54. The van der Waals surface area contributed by atoms with Crippen molar-refractivity contribution in [1.29, 1.82) is 0 Å². The second-order valence-electron chi connectivity index (χ2n) is 6.82. The minimum atomic E-state index is -4.37. The largest absolute Gasteiger partial charge is 0.444 e. The number of likely N-dealkylation sites (tertiary alicyclic amines) is 1. The first kappa shape index (κ1) is 17.6. The lowest BCUT2D eigenvalue weighted by Crippen LogP contribution is -2.35. The van der Waals surface area contributed by atoms with Gasteiger partial charge in [-0.2, -0.15) is 13.2 Å². The Morgan fingerprint density at radius 1 is 1.35 bits per heavy atom. The third kappa shape index (κ3) is 5.11. The van der Waals surface area contributed by atoms with Crippen LogP contribution in [0.5, 0.6) is 0 Å². The van der Waals surface area contributed by atoms with Gasteiger partial charge in [-0.15, -0.1) is 0 Å². The zero-order valence-electron chi connectivity index (χ0n) is 13.5. The minimum Gasteiger partial charge on any atom is -0.444 e. The molecule has 0 N–H and O–H groups in total. The van der Waals surface area contributed by atoms with E-state index in [1.54, 1.807) is 4.90 Å². The van der Waals surface area contributed by atoms with Crippen LogP contribution in [0, 0.1) is 5.92 Å².